The van der Waals surface area contributed by atoms with Crippen molar-refractivity contribution >= 4 is 44.7 Å². The van der Waals surface area contributed by atoms with Gasteiger partial charge in [0.25, 0.3) is 0 Å². The highest BCUT2D eigenvalue weighted by Gasteiger charge is 2.35. The van der Waals surface area contributed by atoms with Gasteiger partial charge in [0.05, 0.1) is 0 Å². The summed E-state index contributed by atoms with van der Waals surface area (Å²) >= 11 is 0.819. The number of aromatic nitrogens is 1. The van der Waals surface area contributed by atoms with E-state index in [1.165, 1.54) is 19.2 Å². The predicted octanol–water partition coefficient (Wildman–Crippen LogP) is 1.40. The second-order valence-corrected chi connectivity index (χ2v) is 8.33. The van der Waals surface area contributed by atoms with E-state index in [1.807, 2.05) is 0 Å². The number of nitrogens with one attached hydrogen (secondary N) is 1. The topological polar surface area (TPSA) is 144 Å². The summed E-state index contributed by atoms with van der Waals surface area (Å²) in [6.45, 7) is 7.92. The number of oxime groups is 1. The highest BCUT2D eigenvalue weighted by Crippen LogP contribution is 2.20. The molecule has 0 atom stereocenters. The molecule has 12 heteroatoms. The molecule has 0 aliphatic rings. The van der Waals surface area contributed by atoms with Crippen LogP contribution >= 0.6 is 11.3 Å². The Labute approximate surface area is 149 Å². The Morgan fingerprint density at radius 1 is 1.36 bits per heavy atom. The molecule has 0 aromatic carbocycles. The quantitative estimate of drug-likeness (QED) is 0.232. The lowest BCUT2D eigenvalue weighted by molar-refractivity contribution is -0.179. The molecule has 140 valence electrons. The summed E-state index contributed by atoms with van der Waals surface area (Å²) in [5, 5.41) is 4.75. The Bertz CT molecular complexity index is 776. The van der Waals surface area contributed by atoms with Crippen molar-refractivity contribution < 1.29 is 32.1 Å². The van der Waals surface area contributed by atoms with Gasteiger partial charge in [0, 0.05) is 5.38 Å². The SMILES string of the molecule is CC(C)(C)OC(=O)C(C)(C)ON=C(C=O)c1csc(NS(=O)(=O)O)n1. The maximum atomic E-state index is 12.1. The van der Waals surface area contributed by atoms with Crippen LogP contribution in [-0.2, 0) is 29.5 Å². The Morgan fingerprint density at radius 3 is 2.44 bits per heavy atom. The normalized spacial score (nSPS) is 13.3. The van der Waals surface area contributed by atoms with Crippen LogP contribution in [0.15, 0.2) is 10.5 Å². The Hall–Kier alpha value is -2.05. The number of nitrogens with zero attached hydrogens (tertiary/aromatic N) is 2. The van der Waals surface area contributed by atoms with E-state index in [4.69, 9.17) is 14.1 Å². The number of hydrogen-bond acceptors (Lipinski definition) is 9. The van der Waals surface area contributed by atoms with Crippen LogP contribution in [0.25, 0.3) is 0 Å². The molecule has 0 amide bonds. The number of aldehydes is 1. The molecule has 1 aromatic rings. The van der Waals surface area contributed by atoms with Crippen LogP contribution < -0.4 is 4.72 Å². The van der Waals surface area contributed by atoms with Gasteiger partial charge in [-0.1, -0.05) is 5.16 Å². The number of rotatable bonds is 7. The molecule has 0 aliphatic heterocycles. The van der Waals surface area contributed by atoms with E-state index >= 15 is 0 Å². The maximum Gasteiger partial charge on any atom is 0.359 e. The van der Waals surface area contributed by atoms with Crippen LogP contribution in [0.1, 0.15) is 40.3 Å². The van der Waals surface area contributed by atoms with Gasteiger partial charge in [-0.05, 0) is 34.6 Å². The monoisotopic (exact) mass is 393 g/mol. The van der Waals surface area contributed by atoms with Crippen molar-refractivity contribution in [1.29, 1.82) is 0 Å². The van der Waals surface area contributed by atoms with Gasteiger partial charge in [0.1, 0.15) is 11.3 Å². The maximum absolute atomic E-state index is 12.1. The van der Waals surface area contributed by atoms with E-state index in [0.717, 1.165) is 11.3 Å². The van der Waals surface area contributed by atoms with Crippen molar-refractivity contribution in [1.82, 2.24) is 4.98 Å². The molecule has 1 aromatic heterocycles. The zero-order valence-electron chi connectivity index (χ0n) is 14.3. The average Bonchev–Trinajstić information content (AvgIpc) is 2.83. The molecule has 0 spiro atoms. The number of anilines is 1. The van der Waals surface area contributed by atoms with E-state index in [9.17, 15) is 18.0 Å². The number of carbonyl (C=O) groups is 2. The summed E-state index contributed by atoms with van der Waals surface area (Å²) in [7, 11) is -4.48. The highest BCUT2D eigenvalue weighted by molar-refractivity contribution is 7.87. The Balaban J connectivity index is 2.93. The third-order valence-corrected chi connectivity index (χ3v) is 3.70. The fraction of sp³-hybridized carbons (Fsp3) is 0.538. The first-order valence-electron chi connectivity index (χ1n) is 6.89. The van der Waals surface area contributed by atoms with E-state index in [-0.39, 0.29) is 16.5 Å². The molecule has 2 N–H and O–H groups in total. The third kappa shape index (κ3) is 7.15. The zero-order chi connectivity index (χ0) is 19.5. The van der Waals surface area contributed by atoms with Crippen molar-refractivity contribution in [3.63, 3.8) is 0 Å². The molecule has 10 nitrogen and oxygen atoms in total. The fourth-order valence-corrected chi connectivity index (χ4v) is 2.60. The minimum Gasteiger partial charge on any atom is -0.457 e. The third-order valence-electron chi connectivity index (χ3n) is 2.36. The molecular formula is C13H19N3O7S2. The van der Waals surface area contributed by atoms with Crippen molar-refractivity contribution in [3.8, 4) is 0 Å². The molecule has 0 aliphatic carbocycles. The molecule has 0 saturated heterocycles. The van der Waals surface area contributed by atoms with Crippen molar-refractivity contribution in [2.75, 3.05) is 4.72 Å². The summed E-state index contributed by atoms with van der Waals surface area (Å²) < 4.78 is 37.1. The van der Waals surface area contributed by atoms with Crippen LogP contribution in [0.4, 0.5) is 5.13 Å². The van der Waals surface area contributed by atoms with Gasteiger partial charge in [-0.2, -0.15) is 8.42 Å². The average molecular weight is 393 g/mol. The Kier molecular flexibility index (Phi) is 6.26. The van der Waals surface area contributed by atoms with Crippen LogP contribution in [-0.4, -0.2) is 47.1 Å². The van der Waals surface area contributed by atoms with E-state index in [1.54, 1.807) is 25.5 Å². The summed E-state index contributed by atoms with van der Waals surface area (Å²) in [5.74, 6) is -0.680. The highest BCUT2D eigenvalue weighted by atomic mass is 32.2. The zero-order valence-corrected chi connectivity index (χ0v) is 15.9. The summed E-state index contributed by atoms with van der Waals surface area (Å²) in [5.41, 5.74) is -2.45. The van der Waals surface area contributed by atoms with Gasteiger partial charge >= 0.3 is 16.3 Å². The first kappa shape index (κ1) is 21.0. The number of carbonyl (C=O) groups excluding carboxylic acids is 2. The van der Waals surface area contributed by atoms with Gasteiger partial charge < -0.3 is 9.57 Å². The summed E-state index contributed by atoms with van der Waals surface area (Å²) in [6.07, 6.45) is 0.331. The lowest BCUT2D eigenvalue weighted by atomic mass is 10.1. The minimum absolute atomic E-state index is 0.00568. The number of ether oxygens (including phenoxy) is 1. The molecule has 0 bridgehead atoms. The predicted molar refractivity (Wildman–Crippen MR) is 90.9 cm³/mol. The van der Waals surface area contributed by atoms with Crippen LogP contribution in [0.2, 0.25) is 0 Å². The molecule has 0 unspecified atom stereocenters. The summed E-state index contributed by atoms with van der Waals surface area (Å²) in [6, 6.07) is 0. The fourth-order valence-electron chi connectivity index (χ4n) is 1.28. The Morgan fingerprint density at radius 2 is 1.96 bits per heavy atom. The van der Waals surface area contributed by atoms with Gasteiger partial charge in [-0.3, -0.25) is 9.35 Å². The molecular weight excluding hydrogens is 374 g/mol. The number of thiazole rings is 1. The molecule has 0 fully saturated rings. The number of hydrogen-bond donors (Lipinski definition) is 2. The number of esters is 1. The van der Waals surface area contributed by atoms with Gasteiger partial charge in [-0.25, -0.2) is 14.5 Å². The molecule has 0 saturated carbocycles. The second-order valence-electron chi connectivity index (χ2n) is 6.31. The van der Waals surface area contributed by atoms with Crippen molar-refractivity contribution in [3.05, 3.63) is 11.1 Å². The van der Waals surface area contributed by atoms with E-state index in [0.29, 0.717) is 6.29 Å². The van der Waals surface area contributed by atoms with Crippen molar-refractivity contribution in [2.24, 2.45) is 5.16 Å². The standard InChI is InChI=1S/C13H19N3O7S2/c1-12(2,3)22-10(18)13(4,5)23-15-8(6-17)9-7-24-11(14-9)16-25(19,20)21/h6-7H,1-5H3,(H,14,16)(H,19,20,21). The second kappa shape index (κ2) is 7.45. The largest absolute Gasteiger partial charge is 0.457 e. The van der Waals surface area contributed by atoms with E-state index in [2.05, 4.69) is 10.1 Å². The van der Waals surface area contributed by atoms with Crippen LogP contribution in [0, 0.1) is 0 Å². The van der Waals surface area contributed by atoms with Gasteiger partial charge in [0.15, 0.2) is 17.1 Å². The minimum atomic E-state index is -4.48. The van der Waals surface area contributed by atoms with Gasteiger partial charge in [-0.15, -0.1) is 11.3 Å². The lowest BCUT2D eigenvalue weighted by Gasteiger charge is -2.26. The van der Waals surface area contributed by atoms with Crippen LogP contribution in [0.3, 0.4) is 0 Å². The molecule has 1 rings (SSSR count). The van der Waals surface area contributed by atoms with Crippen LogP contribution in [0.5, 0.6) is 0 Å². The first-order chi connectivity index (χ1) is 11.2. The molecule has 25 heavy (non-hydrogen) atoms. The molecule has 1 heterocycles. The summed E-state index contributed by atoms with van der Waals surface area (Å²) in [4.78, 5) is 32.1. The molecule has 0 radical (unpaired) electrons. The lowest BCUT2D eigenvalue weighted by Crippen LogP contribution is -2.40. The van der Waals surface area contributed by atoms with E-state index < -0.39 is 27.5 Å². The first-order valence-corrected chi connectivity index (χ1v) is 9.21. The van der Waals surface area contributed by atoms with Crippen molar-refractivity contribution in [2.45, 2.75) is 45.8 Å². The van der Waals surface area contributed by atoms with Gasteiger partial charge in [0.2, 0.25) is 5.60 Å². The smallest absolute Gasteiger partial charge is 0.359 e.